The Morgan fingerprint density at radius 2 is 1.61 bits per heavy atom. The van der Waals surface area contributed by atoms with E-state index >= 15 is 0 Å². The summed E-state index contributed by atoms with van der Waals surface area (Å²) in [6.07, 6.45) is 0. The molecule has 2 heterocycles. The molecule has 0 bridgehead atoms. The maximum atomic E-state index is 12.3. The molecule has 0 saturated heterocycles. The molecule has 0 unspecified atom stereocenters. The maximum Gasteiger partial charge on any atom is 0.344 e. The van der Waals surface area contributed by atoms with Gasteiger partial charge in [-0.1, -0.05) is 36.4 Å². The zero-order valence-corrected chi connectivity index (χ0v) is 12.2. The Labute approximate surface area is 131 Å². The molecule has 5 rings (SSSR count). The van der Waals surface area contributed by atoms with Gasteiger partial charge in [-0.2, -0.15) is 0 Å². The number of hydrogen-bond donors (Lipinski definition) is 0. The van der Waals surface area contributed by atoms with Gasteiger partial charge in [-0.25, -0.2) is 4.79 Å². The molecule has 1 aromatic heterocycles. The lowest BCUT2D eigenvalue weighted by molar-refractivity contribution is 0.302. The van der Waals surface area contributed by atoms with E-state index < -0.39 is 0 Å². The fourth-order valence-electron chi connectivity index (χ4n) is 3.31. The van der Waals surface area contributed by atoms with Gasteiger partial charge in [0.1, 0.15) is 17.9 Å². The molecule has 3 nitrogen and oxygen atoms in total. The van der Waals surface area contributed by atoms with Gasteiger partial charge >= 0.3 is 5.63 Å². The number of rotatable bonds is 0. The third-order valence-corrected chi connectivity index (χ3v) is 4.40. The molecule has 0 spiro atoms. The lowest BCUT2D eigenvalue weighted by atomic mass is 9.93. The van der Waals surface area contributed by atoms with Crippen LogP contribution in [-0.2, 0) is 6.61 Å². The normalized spacial score (nSPS) is 12.7. The van der Waals surface area contributed by atoms with Crippen molar-refractivity contribution in [2.75, 3.05) is 0 Å². The molecule has 0 atom stereocenters. The second-order valence-corrected chi connectivity index (χ2v) is 5.73. The first-order valence-electron chi connectivity index (χ1n) is 7.52. The first-order valence-corrected chi connectivity index (χ1v) is 7.52. The standard InChI is InChI=1S/C20H12O3/c21-20-17-9-12-11-22-18-7-3-1-5-13(18)15(12)10-16(17)14-6-2-4-8-19(14)23-20/h1-10H,11H2. The van der Waals surface area contributed by atoms with E-state index in [0.717, 1.165) is 33.2 Å². The van der Waals surface area contributed by atoms with Gasteiger partial charge in [-0.15, -0.1) is 0 Å². The van der Waals surface area contributed by atoms with Crippen LogP contribution in [0.2, 0.25) is 0 Å². The van der Waals surface area contributed by atoms with Crippen LogP contribution in [0.25, 0.3) is 32.9 Å². The van der Waals surface area contributed by atoms with Gasteiger partial charge in [0, 0.05) is 16.3 Å². The summed E-state index contributed by atoms with van der Waals surface area (Å²) in [6.45, 7) is 0.467. The van der Waals surface area contributed by atoms with Crippen LogP contribution >= 0.6 is 0 Å². The highest BCUT2D eigenvalue weighted by atomic mass is 16.5. The Balaban J connectivity index is 1.96. The van der Waals surface area contributed by atoms with Crippen molar-refractivity contribution >= 4 is 21.7 Å². The van der Waals surface area contributed by atoms with Crippen LogP contribution in [0.1, 0.15) is 5.56 Å². The van der Waals surface area contributed by atoms with Crippen LogP contribution < -0.4 is 10.4 Å². The highest BCUT2D eigenvalue weighted by molar-refractivity contribution is 6.06. The number of benzene rings is 3. The topological polar surface area (TPSA) is 39.4 Å². The summed E-state index contributed by atoms with van der Waals surface area (Å²) in [6, 6.07) is 19.6. The van der Waals surface area contributed by atoms with Gasteiger partial charge in [0.25, 0.3) is 0 Å². The Kier molecular flexibility index (Phi) is 2.42. The van der Waals surface area contributed by atoms with E-state index in [4.69, 9.17) is 9.15 Å². The molecule has 0 saturated carbocycles. The SMILES string of the molecule is O=c1oc2ccccc2c2cc3c(cc12)COc1ccccc1-3. The summed E-state index contributed by atoms with van der Waals surface area (Å²) >= 11 is 0. The van der Waals surface area contributed by atoms with E-state index in [1.165, 1.54) is 0 Å². The van der Waals surface area contributed by atoms with Crippen LogP contribution in [0.3, 0.4) is 0 Å². The zero-order valence-electron chi connectivity index (χ0n) is 12.2. The minimum Gasteiger partial charge on any atom is -0.488 e. The minimum atomic E-state index is -0.305. The highest BCUT2D eigenvalue weighted by Crippen LogP contribution is 2.39. The largest absolute Gasteiger partial charge is 0.488 e. The quantitative estimate of drug-likeness (QED) is 0.354. The van der Waals surface area contributed by atoms with Crippen LogP contribution in [0.15, 0.2) is 69.9 Å². The first kappa shape index (κ1) is 12.5. The lowest BCUT2D eigenvalue weighted by Crippen LogP contribution is -2.08. The molecular weight excluding hydrogens is 288 g/mol. The molecule has 1 aliphatic heterocycles. The van der Waals surface area contributed by atoms with Gasteiger partial charge in [0.15, 0.2) is 0 Å². The lowest BCUT2D eigenvalue weighted by Gasteiger charge is -2.21. The van der Waals surface area contributed by atoms with Crippen molar-refractivity contribution in [3.05, 3.63) is 76.6 Å². The van der Waals surface area contributed by atoms with Crippen LogP contribution in [0, 0.1) is 0 Å². The van der Waals surface area contributed by atoms with Crippen LogP contribution in [0.4, 0.5) is 0 Å². The predicted molar refractivity (Wildman–Crippen MR) is 89.8 cm³/mol. The van der Waals surface area contributed by atoms with Crippen molar-refractivity contribution < 1.29 is 9.15 Å². The summed E-state index contributed by atoms with van der Waals surface area (Å²) in [7, 11) is 0. The maximum absolute atomic E-state index is 12.3. The average Bonchev–Trinajstić information content (AvgIpc) is 2.60. The molecule has 110 valence electrons. The molecule has 0 amide bonds. The second kappa shape index (κ2) is 4.46. The van der Waals surface area contributed by atoms with Crippen LogP contribution in [-0.4, -0.2) is 0 Å². The summed E-state index contributed by atoms with van der Waals surface area (Å²) in [5.41, 5.74) is 3.51. The molecule has 0 aliphatic carbocycles. The molecule has 0 fully saturated rings. The van der Waals surface area contributed by atoms with Gasteiger partial charge in [0.2, 0.25) is 0 Å². The molecule has 0 radical (unpaired) electrons. The number of para-hydroxylation sites is 2. The second-order valence-electron chi connectivity index (χ2n) is 5.73. The molecule has 0 N–H and O–H groups in total. The third-order valence-electron chi connectivity index (χ3n) is 4.40. The number of hydrogen-bond acceptors (Lipinski definition) is 3. The number of fused-ring (bicyclic) bond motifs is 6. The van der Waals surface area contributed by atoms with Crippen molar-refractivity contribution in [1.29, 1.82) is 0 Å². The average molecular weight is 300 g/mol. The van der Waals surface area contributed by atoms with Gasteiger partial charge in [-0.3, -0.25) is 0 Å². The third kappa shape index (κ3) is 1.73. The van der Waals surface area contributed by atoms with E-state index in [1.807, 2.05) is 54.6 Å². The van der Waals surface area contributed by atoms with E-state index in [1.54, 1.807) is 0 Å². The summed E-state index contributed by atoms with van der Waals surface area (Å²) < 4.78 is 11.2. The molecule has 3 aromatic carbocycles. The monoisotopic (exact) mass is 300 g/mol. The summed E-state index contributed by atoms with van der Waals surface area (Å²) in [5.74, 6) is 0.881. The highest BCUT2D eigenvalue weighted by Gasteiger charge is 2.19. The predicted octanol–water partition coefficient (Wildman–Crippen LogP) is 4.51. The minimum absolute atomic E-state index is 0.305. The van der Waals surface area contributed by atoms with E-state index in [0.29, 0.717) is 17.6 Å². The van der Waals surface area contributed by atoms with Crippen molar-refractivity contribution in [2.45, 2.75) is 6.61 Å². The summed E-state index contributed by atoms with van der Waals surface area (Å²) in [4.78, 5) is 12.3. The molecular formula is C20H12O3. The van der Waals surface area contributed by atoms with E-state index in [2.05, 4.69) is 6.07 Å². The Morgan fingerprint density at radius 1 is 0.783 bits per heavy atom. The Bertz CT molecular complexity index is 1140. The van der Waals surface area contributed by atoms with Crippen molar-refractivity contribution in [2.24, 2.45) is 0 Å². The fourth-order valence-corrected chi connectivity index (χ4v) is 3.31. The van der Waals surface area contributed by atoms with Gasteiger partial charge in [0.05, 0.1) is 5.39 Å². The molecule has 3 heteroatoms. The van der Waals surface area contributed by atoms with E-state index in [-0.39, 0.29) is 5.63 Å². The Hall–Kier alpha value is -3.07. The van der Waals surface area contributed by atoms with Crippen LogP contribution in [0.5, 0.6) is 5.75 Å². The van der Waals surface area contributed by atoms with Crippen molar-refractivity contribution in [3.8, 4) is 16.9 Å². The Morgan fingerprint density at radius 3 is 2.57 bits per heavy atom. The molecule has 23 heavy (non-hydrogen) atoms. The van der Waals surface area contributed by atoms with Gasteiger partial charge < -0.3 is 9.15 Å². The summed E-state index contributed by atoms with van der Waals surface area (Å²) in [5, 5.41) is 2.48. The first-order chi connectivity index (χ1) is 11.3. The molecule has 1 aliphatic rings. The van der Waals surface area contributed by atoms with Crippen molar-refractivity contribution in [3.63, 3.8) is 0 Å². The fraction of sp³-hybridized carbons (Fsp3) is 0.0500. The van der Waals surface area contributed by atoms with Gasteiger partial charge in [-0.05, 0) is 35.4 Å². The number of ether oxygens (including phenoxy) is 1. The zero-order chi connectivity index (χ0) is 15.4. The smallest absolute Gasteiger partial charge is 0.344 e. The van der Waals surface area contributed by atoms with E-state index in [9.17, 15) is 4.79 Å². The molecule has 4 aromatic rings. The van der Waals surface area contributed by atoms with Crippen molar-refractivity contribution in [1.82, 2.24) is 0 Å².